The van der Waals surface area contributed by atoms with Crippen LogP contribution in [0.1, 0.15) is 19.3 Å². The van der Waals surface area contributed by atoms with Crippen molar-refractivity contribution in [3.05, 3.63) is 0 Å². The molecule has 0 spiro atoms. The van der Waals surface area contributed by atoms with Crippen molar-refractivity contribution in [2.24, 2.45) is 5.92 Å². The first kappa shape index (κ1) is 17.2. The third-order valence-electron chi connectivity index (χ3n) is 3.84. The van der Waals surface area contributed by atoms with Gasteiger partial charge in [-0.1, -0.05) is 0 Å². The van der Waals surface area contributed by atoms with Gasteiger partial charge in [0.05, 0.1) is 12.5 Å². The lowest BCUT2D eigenvalue weighted by Gasteiger charge is -2.25. The molecule has 6 nitrogen and oxygen atoms in total. The molecule has 1 unspecified atom stereocenters. The van der Waals surface area contributed by atoms with Crippen LogP contribution >= 0.6 is 12.4 Å². The SMILES string of the molecule is COCCN1CC(C(=O)NC2CCNCC2)CC1=O.Cl. The Labute approximate surface area is 126 Å². The molecule has 2 fully saturated rings. The van der Waals surface area contributed by atoms with Gasteiger partial charge in [-0.3, -0.25) is 9.59 Å². The molecule has 0 aliphatic carbocycles. The standard InChI is InChI=1S/C13H23N3O3.ClH/c1-19-7-6-16-9-10(8-12(16)17)13(18)15-11-2-4-14-5-3-11;/h10-11,14H,2-9H2,1H3,(H,15,18);1H. The summed E-state index contributed by atoms with van der Waals surface area (Å²) in [6, 6.07) is 0.261. The Balaban J connectivity index is 0.00000200. The summed E-state index contributed by atoms with van der Waals surface area (Å²) >= 11 is 0. The average Bonchev–Trinajstić information content (AvgIpc) is 2.79. The molecule has 2 N–H and O–H groups in total. The summed E-state index contributed by atoms with van der Waals surface area (Å²) in [5.41, 5.74) is 0. The van der Waals surface area contributed by atoms with E-state index in [4.69, 9.17) is 4.74 Å². The van der Waals surface area contributed by atoms with Gasteiger partial charge < -0.3 is 20.3 Å². The van der Waals surface area contributed by atoms with E-state index in [1.807, 2.05) is 0 Å². The van der Waals surface area contributed by atoms with E-state index < -0.39 is 0 Å². The van der Waals surface area contributed by atoms with Gasteiger partial charge in [0, 0.05) is 32.7 Å². The fraction of sp³-hybridized carbons (Fsp3) is 0.846. The van der Waals surface area contributed by atoms with E-state index in [0.29, 0.717) is 26.1 Å². The summed E-state index contributed by atoms with van der Waals surface area (Å²) in [6.07, 6.45) is 2.28. The minimum atomic E-state index is -0.195. The van der Waals surface area contributed by atoms with Crippen molar-refractivity contribution in [3.63, 3.8) is 0 Å². The Hall–Kier alpha value is -0.850. The van der Waals surface area contributed by atoms with Crippen LogP contribution in [0, 0.1) is 5.92 Å². The minimum absolute atomic E-state index is 0. The number of hydrogen-bond donors (Lipinski definition) is 2. The Morgan fingerprint density at radius 1 is 1.45 bits per heavy atom. The maximum Gasteiger partial charge on any atom is 0.225 e. The number of ether oxygens (including phenoxy) is 1. The Morgan fingerprint density at radius 3 is 2.80 bits per heavy atom. The van der Waals surface area contributed by atoms with Crippen molar-refractivity contribution in [1.82, 2.24) is 15.5 Å². The second kappa shape index (κ2) is 8.44. The number of halogens is 1. The molecule has 0 saturated carbocycles. The highest BCUT2D eigenvalue weighted by molar-refractivity contribution is 5.89. The molecule has 2 aliphatic rings. The molecule has 0 bridgehead atoms. The summed E-state index contributed by atoms with van der Waals surface area (Å²) in [5.74, 6) is -0.109. The lowest BCUT2D eigenvalue weighted by atomic mass is 10.0. The predicted octanol–water partition coefficient (Wildman–Crippen LogP) is -0.229. The summed E-state index contributed by atoms with van der Waals surface area (Å²) in [7, 11) is 1.61. The Bertz CT molecular complexity index is 335. The second-order valence-corrected chi connectivity index (χ2v) is 5.27. The van der Waals surface area contributed by atoms with E-state index in [2.05, 4.69) is 10.6 Å². The molecule has 2 heterocycles. The van der Waals surface area contributed by atoms with Gasteiger partial charge in [-0.15, -0.1) is 12.4 Å². The number of hydrogen-bond acceptors (Lipinski definition) is 4. The number of nitrogens with zero attached hydrogens (tertiary/aromatic N) is 1. The number of carbonyl (C=O) groups is 2. The molecule has 0 radical (unpaired) electrons. The van der Waals surface area contributed by atoms with Crippen LogP contribution in [0.3, 0.4) is 0 Å². The first-order valence-corrected chi connectivity index (χ1v) is 6.98. The average molecular weight is 306 g/mol. The van der Waals surface area contributed by atoms with E-state index in [-0.39, 0.29) is 36.2 Å². The normalized spacial score (nSPS) is 23.6. The van der Waals surface area contributed by atoms with Gasteiger partial charge in [0.2, 0.25) is 11.8 Å². The molecule has 2 saturated heterocycles. The maximum atomic E-state index is 12.1. The van der Waals surface area contributed by atoms with Crippen LogP contribution in [-0.2, 0) is 14.3 Å². The van der Waals surface area contributed by atoms with Gasteiger partial charge in [0.25, 0.3) is 0 Å². The fourth-order valence-corrected chi connectivity index (χ4v) is 2.65. The number of carbonyl (C=O) groups excluding carboxylic acids is 2. The van der Waals surface area contributed by atoms with Crippen LogP contribution in [0.15, 0.2) is 0 Å². The van der Waals surface area contributed by atoms with Crippen molar-refractivity contribution in [1.29, 1.82) is 0 Å². The first-order valence-electron chi connectivity index (χ1n) is 6.98. The van der Waals surface area contributed by atoms with E-state index in [1.165, 1.54) is 0 Å². The van der Waals surface area contributed by atoms with Gasteiger partial charge in [-0.05, 0) is 25.9 Å². The largest absolute Gasteiger partial charge is 0.383 e. The minimum Gasteiger partial charge on any atom is -0.383 e. The van der Waals surface area contributed by atoms with Gasteiger partial charge >= 0.3 is 0 Å². The molecule has 116 valence electrons. The van der Waals surface area contributed by atoms with E-state index in [1.54, 1.807) is 12.0 Å². The van der Waals surface area contributed by atoms with Gasteiger partial charge in [0.15, 0.2) is 0 Å². The molecule has 0 aromatic rings. The Kier molecular flexibility index (Phi) is 7.26. The molecule has 2 amide bonds. The van der Waals surface area contributed by atoms with Gasteiger partial charge in [-0.2, -0.15) is 0 Å². The Morgan fingerprint density at radius 2 is 2.15 bits per heavy atom. The quantitative estimate of drug-likeness (QED) is 0.736. The highest BCUT2D eigenvalue weighted by Gasteiger charge is 2.34. The highest BCUT2D eigenvalue weighted by Crippen LogP contribution is 2.18. The molecule has 0 aromatic carbocycles. The maximum absolute atomic E-state index is 12.1. The van der Waals surface area contributed by atoms with Crippen molar-refractivity contribution < 1.29 is 14.3 Å². The van der Waals surface area contributed by atoms with E-state index in [9.17, 15) is 9.59 Å². The number of methoxy groups -OCH3 is 1. The third-order valence-corrected chi connectivity index (χ3v) is 3.84. The van der Waals surface area contributed by atoms with Crippen LogP contribution in [0.25, 0.3) is 0 Å². The van der Waals surface area contributed by atoms with Crippen molar-refractivity contribution in [3.8, 4) is 0 Å². The van der Waals surface area contributed by atoms with Crippen molar-refractivity contribution in [2.45, 2.75) is 25.3 Å². The zero-order valence-corrected chi connectivity index (χ0v) is 12.7. The van der Waals surface area contributed by atoms with Crippen LogP contribution in [0.2, 0.25) is 0 Å². The monoisotopic (exact) mass is 305 g/mol. The molecule has 1 atom stereocenters. The summed E-state index contributed by atoms with van der Waals surface area (Å²) in [6.45, 7) is 3.53. The van der Waals surface area contributed by atoms with Crippen LogP contribution in [0.5, 0.6) is 0 Å². The molecule has 0 aromatic heterocycles. The lowest BCUT2D eigenvalue weighted by Crippen LogP contribution is -2.45. The molecular weight excluding hydrogens is 282 g/mol. The van der Waals surface area contributed by atoms with Crippen molar-refractivity contribution in [2.75, 3.05) is 39.9 Å². The summed E-state index contributed by atoms with van der Waals surface area (Å²) < 4.78 is 4.97. The zero-order chi connectivity index (χ0) is 13.7. The zero-order valence-electron chi connectivity index (χ0n) is 11.9. The summed E-state index contributed by atoms with van der Waals surface area (Å²) in [4.78, 5) is 25.6. The number of nitrogens with one attached hydrogen (secondary N) is 2. The van der Waals surface area contributed by atoms with Crippen molar-refractivity contribution >= 4 is 24.2 Å². The number of likely N-dealkylation sites (tertiary alicyclic amines) is 1. The van der Waals surface area contributed by atoms with Crippen LogP contribution in [-0.4, -0.2) is 62.7 Å². The highest BCUT2D eigenvalue weighted by atomic mass is 35.5. The van der Waals surface area contributed by atoms with E-state index in [0.717, 1.165) is 25.9 Å². The number of piperidine rings is 1. The fourth-order valence-electron chi connectivity index (χ4n) is 2.65. The van der Waals surface area contributed by atoms with Crippen LogP contribution < -0.4 is 10.6 Å². The topological polar surface area (TPSA) is 70.7 Å². The van der Waals surface area contributed by atoms with E-state index >= 15 is 0 Å². The second-order valence-electron chi connectivity index (χ2n) is 5.27. The smallest absolute Gasteiger partial charge is 0.225 e. The molecule has 2 aliphatic heterocycles. The third kappa shape index (κ3) is 4.61. The van der Waals surface area contributed by atoms with Gasteiger partial charge in [-0.25, -0.2) is 0 Å². The van der Waals surface area contributed by atoms with Crippen LogP contribution in [0.4, 0.5) is 0 Å². The predicted molar refractivity (Wildman–Crippen MR) is 77.8 cm³/mol. The molecule has 20 heavy (non-hydrogen) atoms. The van der Waals surface area contributed by atoms with Gasteiger partial charge in [0.1, 0.15) is 0 Å². The molecular formula is C13H24ClN3O3. The molecule has 7 heteroatoms. The lowest BCUT2D eigenvalue weighted by molar-refractivity contribution is -0.129. The molecule has 2 rings (SSSR count). The number of amides is 2. The summed E-state index contributed by atoms with van der Waals surface area (Å²) in [5, 5.41) is 6.34. The number of rotatable bonds is 5. The first-order chi connectivity index (χ1) is 9.20.